The zero-order valence-electron chi connectivity index (χ0n) is 62.0. The molecule has 0 saturated heterocycles. The molecule has 0 amide bonds. The van der Waals surface area contributed by atoms with Crippen LogP contribution in [0.4, 0.5) is 0 Å². The quantitative estimate of drug-likeness (QED) is 0.0136. The summed E-state index contributed by atoms with van der Waals surface area (Å²) in [5.41, 5.74) is 15.5. The molecule has 14 heteroatoms. The monoisotopic (exact) mass is 1540 g/mol. The maximum Gasteiger partial charge on any atom is 0.255 e. The first-order valence-corrected chi connectivity index (χ1v) is 35.4. The summed E-state index contributed by atoms with van der Waals surface area (Å²) in [4.78, 5) is 78.7. The standard InChI is InChI=1S/2C18H20O2.4C15H11O2.2Ti/c2*1-3-17(13-5-9-15(19)10-6-13)18(4-2)14-7-11-16(20)12-8-14;4*16-14(12-7-3-1-4-8-12)11-15(17)13-9-5-2-6-10-13;;/h2*5-12,19-20H,3-4H2,1-2H3;4*1-11H;;/q;;4*-1;;/p+12. The van der Waals surface area contributed by atoms with Gasteiger partial charge in [-0.2, -0.15) is 0 Å². The van der Waals surface area contributed by atoms with E-state index in [9.17, 15) is 38.4 Å². The number of hydrogen-bond donors (Lipinski definition) is 0. The van der Waals surface area contributed by atoms with E-state index in [0.29, 0.717) is 67.5 Å². The van der Waals surface area contributed by atoms with Gasteiger partial charge in [-0.1, -0.05) is 173 Å². The van der Waals surface area contributed by atoms with Crippen LogP contribution in [-0.2, 0) is 43.4 Å². The average molecular weight is 1540 g/mol. The number of benzene rings is 12. The number of rotatable bonds is 24. The summed E-state index contributed by atoms with van der Waals surface area (Å²) in [6, 6.07) is 104. The Bertz CT molecular complexity index is 4060. The van der Waals surface area contributed by atoms with Crippen LogP contribution in [0.5, 0.6) is 23.0 Å². The molecular formula is C96H96O12Ti2+8. The van der Waals surface area contributed by atoms with Crippen LogP contribution in [-0.4, -0.2) is 105 Å². The Kier molecular flexibility index (Phi) is 38.5. The second kappa shape index (κ2) is 48.0. The normalized spacial score (nSPS) is 10.4. The minimum Gasteiger partial charge on any atom is -0.593 e. The van der Waals surface area contributed by atoms with E-state index in [4.69, 9.17) is 20.4 Å². The number of hydrogen-bond acceptors (Lipinski definition) is 0. The molecule has 0 radical (unpaired) electrons. The third-order valence-electron chi connectivity index (χ3n) is 16.7. The molecule has 16 N–H and O–H groups in total. The Labute approximate surface area is 674 Å². The minimum atomic E-state index is 0. The first-order chi connectivity index (χ1) is 52.4. The van der Waals surface area contributed by atoms with Crippen molar-refractivity contribution in [2.24, 2.45) is 0 Å². The Balaban J connectivity index is 0.000000236. The first kappa shape index (κ1) is 88.2. The van der Waals surface area contributed by atoms with E-state index in [2.05, 4.69) is 27.7 Å². The van der Waals surface area contributed by atoms with Crippen molar-refractivity contribution < 1.29 is 102 Å². The summed E-state index contributed by atoms with van der Waals surface area (Å²) >= 11 is 0. The summed E-state index contributed by atoms with van der Waals surface area (Å²) in [5.74, 6) is 2.55. The Hall–Kier alpha value is -12.4. The molecule has 0 aliphatic carbocycles. The Morgan fingerprint density at radius 1 is 0.182 bits per heavy atom. The molecule has 0 aromatic heterocycles. The largest absolute Gasteiger partial charge is 0.593 e. The molecule has 0 fully saturated rings. The zero-order chi connectivity index (χ0) is 77.4. The van der Waals surface area contributed by atoms with Gasteiger partial charge in [-0.15, -0.1) is 97.1 Å². The number of carbonyl (C=O) groups excluding carboxylic acids is 8. The Morgan fingerprint density at radius 2 is 0.291 bits per heavy atom. The van der Waals surface area contributed by atoms with Crippen molar-refractivity contribution in [2.45, 2.75) is 53.4 Å². The molecule has 12 nitrogen and oxygen atoms in total. The molecule has 12 aromatic carbocycles. The molecule has 0 saturated carbocycles. The van der Waals surface area contributed by atoms with Gasteiger partial charge >= 0.3 is 0 Å². The van der Waals surface area contributed by atoms with Crippen molar-refractivity contribution in [3.05, 3.63) is 432 Å². The van der Waals surface area contributed by atoms with Gasteiger partial charge in [0.15, 0.2) is 0 Å². The van der Waals surface area contributed by atoms with Gasteiger partial charge < -0.3 is 58.8 Å². The molecule has 12 rings (SSSR count). The predicted octanol–water partition coefficient (Wildman–Crippen LogP) is 18.1. The fourth-order valence-corrected chi connectivity index (χ4v) is 11.1. The fourth-order valence-electron chi connectivity index (χ4n) is 11.1. The molecule has 12 aromatic rings. The molecule has 0 atom stereocenters. The van der Waals surface area contributed by atoms with E-state index >= 15 is 0 Å². The topological polar surface area (TPSA) is 263 Å². The third-order valence-corrected chi connectivity index (χ3v) is 16.7. The van der Waals surface area contributed by atoms with Gasteiger partial charge in [-0.05, 0) is 163 Å². The maximum absolute atomic E-state index is 9.83. The van der Waals surface area contributed by atoms with Gasteiger partial charge in [0.25, 0.3) is 69.3 Å². The van der Waals surface area contributed by atoms with E-state index < -0.39 is 0 Å². The van der Waals surface area contributed by atoms with Crippen LogP contribution in [0, 0.1) is 25.7 Å². The Morgan fingerprint density at radius 3 is 0.391 bits per heavy atom. The van der Waals surface area contributed by atoms with Crippen molar-refractivity contribution in [3.8, 4) is 23.0 Å². The van der Waals surface area contributed by atoms with Crippen molar-refractivity contribution in [1.82, 2.24) is 0 Å². The van der Waals surface area contributed by atoms with Crippen LogP contribution in [0.25, 0.3) is 22.3 Å². The van der Waals surface area contributed by atoms with E-state index in [1.54, 1.807) is 97.1 Å². The summed E-state index contributed by atoms with van der Waals surface area (Å²) in [6.45, 7) is 8.66. The van der Waals surface area contributed by atoms with Crippen LogP contribution < -0.4 is 0 Å². The summed E-state index contributed by atoms with van der Waals surface area (Å²) < 4.78 is 0. The first-order valence-electron chi connectivity index (χ1n) is 35.4. The van der Waals surface area contributed by atoms with Crippen molar-refractivity contribution in [1.29, 1.82) is 0 Å². The van der Waals surface area contributed by atoms with Crippen molar-refractivity contribution >= 4 is 68.6 Å². The van der Waals surface area contributed by atoms with Crippen LogP contribution >= 0.6 is 0 Å². The zero-order valence-corrected chi connectivity index (χ0v) is 65.2. The van der Waals surface area contributed by atoms with Crippen molar-refractivity contribution in [2.75, 3.05) is 0 Å². The third kappa shape index (κ3) is 29.0. The van der Waals surface area contributed by atoms with E-state index in [-0.39, 0.29) is 89.7 Å². The molecule has 0 bridgehead atoms. The van der Waals surface area contributed by atoms with Crippen LogP contribution in [0.2, 0.25) is 0 Å². The second-order valence-corrected chi connectivity index (χ2v) is 24.2. The fraction of sp³-hybridized carbons (Fsp3) is 0.0833. The average Bonchev–Trinajstić information content (AvgIpc) is 0.830. The van der Waals surface area contributed by atoms with E-state index in [0.717, 1.165) is 25.7 Å². The summed E-state index contributed by atoms with van der Waals surface area (Å²) in [5, 5.41) is 30.4. The van der Waals surface area contributed by atoms with Gasteiger partial charge in [-0.3, -0.25) is 0 Å². The number of allylic oxidation sites excluding steroid dienone is 4. The van der Waals surface area contributed by atoms with E-state index in [1.165, 1.54) is 70.2 Å². The molecule has 0 aliphatic rings. The smallest absolute Gasteiger partial charge is 0.255 e. The van der Waals surface area contributed by atoms with Gasteiger partial charge in [0.05, 0.1) is 0 Å². The SMILES string of the molecule is CCC(=C(CC)c1ccc([OH2+])cc1)c1ccc([OH2+])cc1.CCC(=C(CC)c1ccc([OH2+])cc1)c1ccc([OH2+])cc1.[OH+]=C([CH-]C(=[OH+])c1ccccc1)c1ccccc1.[OH+]=C([CH-]C(=[OH+])c1ccccc1)c1ccccc1.[OH+]=C([CH-]C(=[OH+])c1ccccc1)c1ccccc1.[OH+]=C([CH-]C(=[OH+])c1ccccc1)c1ccccc1.[Ti].[Ti]. The van der Waals surface area contributed by atoms with Crippen LogP contribution in [0.15, 0.2) is 340 Å². The second-order valence-electron chi connectivity index (χ2n) is 24.2. The maximum atomic E-state index is 9.83. The van der Waals surface area contributed by atoms with Crippen LogP contribution in [0.3, 0.4) is 0 Å². The summed E-state index contributed by atoms with van der Waals surface area (Å²) in [7, 11) is 0. The van der Waals surface area contributed by atoms with Crippen LogP contribution in [0.1, 0.15) is 120 Å². The van der Waals surface area contributed by atoms with E-state index in [1.807, 2.05) is 243 Å². The van der Waals surface area contributed by atoms with Gasteiger partial charge in [-0.25, -0.2) is 0 Å². The molecular weight excluding hydrogens is 1440 g/mol. The van der Waals surface area contributed by atoms with Gasteiger partial charge in [0, 0.05) is 118 Å². The molecule has 0 spiro atoms. The summed E-state index contributed by atoms with van der Waals surface area (Å²) in [6.07, 6.45) is 9.25. The molecule has 0 aliphatic heterocycles. The molecule has 110 heavy (non-hydrogen) atoms. The minimum absolute atomic E-state index is 0. The molecule has 0 heterocycles. The molecule has 552 valence electrons. The van der Waals surface area contributed by atoms with Gasteiger partial charge in [0.1, 0.15) is 0 Å². The van der Waals surface area contributed by atoms with Crippen molar-refractivity contribution in [3.63, 3.8) is 0 Å². The number of ketones is 8. The predicted molar refractivity (Wildman–Crippen MR) is 450 cm³/mol. The molecule has 0 unspecified atom stereocenters. The van der Waals surface area contributed by atoms with Gasteiger partial charge in [0.2, 0.25) is 0 Å².